The Labute approximate surface area is 116 Å². The van der Waals surface area contributed by atoms with E-state index >= 15 is 0 Å². The van der Waals surface area contributed by atoms with E-state index in [1.54, 1.807) is 32.0 Å². The van der Waals surface area contributed by atoms with Crippen LogP contribution < -0.4 is 11.1 Å². The van der Waals surface area contributed by atoms with Crippen molar-refractivity contribution in [1.82, 2.24) is 10.3 Å². The first-order chi connectivity index (χ1) is 9.26. The van der Waals surface area contributed by atoms with E-state index in [-0.39, 0.29) is 12.5 Å². The number of hydrogen-bond acceptors (Lipinski definition) is 4. The van der Waals surface area contributed by atoms with Crippen molar-refractivity contribution in [3.63, 3.8) is 0 Å². The molecule has 0 unspecified atom stereocenters. The van der Waals surface area contributed by atoms with E-state index in [9.17, 15) is 18.7 Å². The molecule has 2 atom stereocenters. The number of aromatic nitrogens is 1. The number of rotatable bonds is 6. The Morgan fingerprint density at radius 1 is 1.50 bits per heavy atom. The Bertz CT molecular complexity index is 441. The third-order valence-electron chi connectivity index (χ3n) is 2.96. The molecule has 20 heavy (non-hydrogen) atoms. The molecule has 0 aliphatic carbocycles. The SMILES string of the molecule is CC(C)[C@H](N)[C@@H](O)C(F)(F)C(=O)NCc1ccccn1. The molecule has 0 bridgehead atoms. The van der Waals surface area contributed by atoms with Crippen LogP contribution in [-0.4, -0.2) is 34.1 Å². The summed E-state index contributed by atoms with van der Waals surface area (Å²) in [5.41, 5.74) is 5.91. The van der Waals surface area contributed by atoms with Crippen LogP contribution in [0.2, 0.25) is 0 Å². The van der Waals surface area contributed by atoms with E-state index < -0.39 is 24.0 Å². The van der Waals surface area contributed by atoms with E-state index in [0.29, 0.717) is 5.69 Å². The molecule has 0 aliphatic heterocycles. The molecule has 1 aromatic rings. The summed E-state index contributed by atoms with van der Waals surface area (Å²) in [5.74, 6) is -5.88. The number of carbonyl (C=O) groups excluding carboxylic acids is 1. The molecule has 0 aliphatic rings. The first-order valence-electron chi connectivity index (χ1n) is 6.26. The summed E-state index contributed by atoms with van der Waals surface area (Å²) < 4.78 is 27.5. The molecule has 7 heteroatoms. The third-order valence-corrected chi connectivity index (χ3v) is 2.96. The maximum Gasteiger partial charge on any atom is 0.351 e. The third kappa shape index (κ3) is 3.94. The van der Waals surface area contributed by atoms with Gasteiger partial charge in [-0.1, -0.05) is 19.9 Å². The Kier molecular flexibility index (Phi) is 5.52. The van der Waals surface area contributed by atoms with Crippen molar-refractivity contribution >= 4 is 5.91 Å². The normalized spacial score (nSPS) is 14.9. The van der Waals surface area contributed by atoms with E-state index in [4.69, 9.17) is 5.73 Å². The number of hydrogen-bond donors (Lipinski definition) is 3. The number of pyridine rings is 1. The van der Waals surface area contributed by atoms with E-state index in [1.807, 2.05) is 5.32 Å². The zero-order valence-corrected chi connectivity index (χ0v) is 11.4. The highest BCUT2D eigenvalue weighted by molar-refractivity contribution is 5.84. The number of aliphatic hydroxyl groups excluding tert-OH is 1. The lowest BCUT2D eigenvalue weighted by Gasteiger charge is -2.28. The van der Waals surface area contributed by atoms with Crippen LogP contribution in [0.5, 0.6) is 0 Å². The van der Waals surface area contributed by atoms with Crippen molar-refractivity contribution in [2.75, 3.05) is 0 Å². The summed E-state index contributed by atoms with van der Waals surface area (Å²) in [7, 11) is 0. The monoisotopic (exact) mass is 287 g/mol. The Morgan fingerprint density at radius 2 is 2.15 bits per heavy atom. The summed E-state index contributed by atoms with van der Waals surface area (Å²) in [6.45, 7) is 3.05. The zero-order chi connectivity index (χ0) is 15.3. The predicted molar refractivity (Wildman–Crippen MR) is 69.9 cm³/mol. The lowest BCUT2D eigenvalue weighted by atomic mass is 9.95. The lowest BCUT2D eigenvalue weighted by molar-refractivity contribution is -0.167. The molecule has 112 valence electrons. The van der Waals surface area contributed by atoms with Crippen LogP contribution in [-0.2, 0) is 11.3 Å². The van der Waals surface area contributed by atoms with Gasteiger partial charge in [-0.3, -0.25) is 9.78 Å². The second-order valence-corrected chi connectivity index (χ2v) is 4.89. The zero-order valence-electron chi connectivity index (χ0n) is 11.4. The first kappa shape index (κ1) is 16.5. The van der Waals surface area contributed by atoms with Crippen molar-refractivity contribution in [2.24, 2.45) is 11.7 Å². The predicted octanol–water partition coefficient (Wildman–Crippen LogP) is 0.677. The molecule has 1 aromatic heterocycles. The van der Waals surface area contributed by atoms with Gasteiger partial charge in [-0.25, -0.2) is 0 Å². The summed E-state index contributed by atoms with van der Waals surface area (Å²) in [6.07, 6.45) is -0.741. The molecule has 1 amide bonds. The minimum atomic E-state index is -3.95. The van der Waals surface area contributed by atoms with Gasteiger partial charge < -0.3 is 16.2 Å². The minimum absolute atomic E-state index is 0.140. The van der Waals surface area contributed by atoms with Crippen molar-refractivity contribution in [2.45, 2.75) is 38.5 Å². The number of halogens is 2. The second kappa shape index (κ2) is 6.71. The van der Waals surface area contributed by atoms with E-state index in [1.165, 1.54) is 6.20 Å². The van der Waals surface area contributed by atoms with Crippen molar-refractivity contribution in [1.29, 1.82) is 0 Å². The molecule has 1 rings (SSSR count). The summed E-state index contributed by atoms with van der Waals surface area (Å²) in [6, 6.07) is 3.75. The van der Waals surface area contributed by atoms with Gasteiger partial charge >= 0.3 is 5.92 Å². The summed E-state index contributed by atoms with van der Waals surface area (Å²) in [5, 5.41) is 11.6. The fourth-order valence-corrected chi connectivity index (χ4v) is 1.53. The number of aliphatic hydroxyl groups is 1. The Morgan fingerprint density at radius 3 is 2.65 bits per heavy atom. The van der Waals surface area contributed by atoms with Gasteiger partial charge in [0.15, 0.2) is 0 Å². The van der Waals surface area contributed by atoms with Crippen molar-refractivity contribution < 1.29 is 18.7 Å². The smallest absolute Gasteiger partial charge is 0.351 e. The molecular formula is C13H19F2N3O2. The molecule has 0 spiro atoms. The van der Waals surface area contributed by atoms with Crippen LogP contribution in [0.3, 0.4) is 0 Å². The van der Waals surface area contributed by atoms with Gasteiger partial charge in [-0.05, 0) is 18.1 Å². The molecular weight excluding hydrogens is 268 g/mol. The van der Waals surface area contributed by atoms with Crippen molar-refractivity contribution in [3.05, 3.63) is 30.1 Å². The maximum absolute atomic E-state index is 13.8. The average Bonchev–Trinajstić information content (AvgIpc) is 2.43. The molecule has 0 saturated carbocycles. The standard InChI is InChI=1S/C13H19F2N3O2/c1-8(2)10(16)11(19)13(14,15)12(20)18-7-9-5-3-4-6-17-9/h3-6,8,10-11,19H,7,16H2,1-2H3,(H,18,20)/t10-,11+/m0/s1. The topological polar surface area (TPSA) is 88.2 Å². The highest BCUT2D eigenvalue weighted by Crippen LogP contribution is 2.23. The molecule has 0 aromatic carbocycles. The molecule has 0 fully saturated rings. The quantitative estimate of drug-likeness (QED) is 0.718. The van der Waals surface area contributed by atoms with Crippen LogP contribution in [0.25, 0.3) is 0 Å². The minimum Gasteiger partial charge on any atom is -0.385 e. The summed E-state index contributed by atoms with van der Waals surface area (Å²) in [4.78, 5) is 15.4. The molecule has 0 saturated heterocycles. The lowest BCUT2D eigenvalue weighted by Crippen LogP contribution is -2.56. The van der Waals surface area contributed by atoms with Crippen LogP contribution in [0.4, 0.5) is 8.78 Å². The van der Waals surface area contributed by atoms with Gasteiger partial charge in [0.05, 0.1) is 12.2 Å². The molecule has 0 radical (unpaired) electrons. The first-order valence-corrected chi connectivity index (χ1v) is 6.26. The number of nitrogens with two attached hydrogens (primary N) is 1. The number of nitrogens with zero attached hydrogens (tertiary/aromatic N) is 1. The van der Waals surface area contributed by atoms with Gasteiger partial charge in [-0.15, -0.1) is 0 Å². The van der Waals surface area contributed by atoms with Crippen LogP contribution >= 0.6 is 0 Å². The van der Waals surface area contributed by atoms with Crippen molar-refractivity contribution in [3.8, 4) is 0 Å². The van der Waals surface area contributed by atoms with Crippen LogP contribution in [0.1, 0.15) is 19.5 Å². The van der Waals surface area contributed by atoms with E-state index in [2.05, 4.69) is 4.98 Å². The largest absolute Gasteiger partial charge is 0.385 e. The Hall–Kier alpha value is -1.60. The molecule has 4 N–H and O–H groups in total. The van der Waals surface area contributed by atoms with Gasteiger partial charge in [0.2, 0.25) is 0 Å². The number of carbonyl (C=O) groups is 1. The number of alkyl halides is 2. The number of amides is 1. The molecule has 1 heterocycles. The maximum atomic E-state index is 13.8. The highest BCUT2D eigenvalue weighted by atomic mass is 19.3. The number of nitrogens with one attached hydrogen (secondary N) is 1. The summed E-state index contributed by atoms with van der Waals surface area (Å²) >= 11 is 0. The fraction of sp³-hybridized carbons (Fsp3) is 0.538. The van der Waals surface area contributed by atoms with Gasteiger partial charge in [0.25, 0.3) is 5.91 Å². The van der Waals surface area contributed by atoms with Gasteiger partial charge in [0.1, 0.15) is 6.10 Å². The van der Waals surface area contributed by atoms with Gasteiger partial charge in [0, 0.05) is 12.2 Å². The van der Waals surface area contributed by atoms with Crippen LogP contribution in [0.15, 0.2) is 24.4 Å². The highest BCUT2D eigenvalue weighted by Gasteiger charge is 2.49. The fourth-order valence-electron chi connectivity index (χ4n) is 1.53. The van der Waals surface area contributed by atoms with E-state index in [0.717, 1.165) is 0 Å². The van der Waals surface area contributed by atoms with Gasteiger partial charge in [-0.2, -0.15) is 8.78 Å². The van der Waals surface area contributed by atoms with Crippen LogP contribution in [0, 0.1) is 5.92 Å². The average molecular weight is 287 g/mol. The molecule has 5 nitrogen and oxygen atoms in total. The Balaban J connectivity index is 2.65. The second-order valence-electron chi connectivity index (χ2n) is 4.89.